The second kappa shape index (κ2) is 7.26. The van der Waals surface area contributed by atoms with Crippen molar-refractivity contribution in [1.82, 2.24) is 10.3 Å². The molecule has 0 fully saturated rings. The first-order valence-electron chi connectivity index (χ1n) is 6.25. The summed E-state index contributed by atoms with van der Waals surface area (Å²) in [6.45, 7) is 1.41. The topological polar surface area (TPSA) is 43.4 Å². The van der Waals surface area contributed by atoms with E-state index in [1.807, 2.05) is 24.3 Å². The smallest absolute Gasteiger partial charge is 0.142 e. The first kappa shape index (κ1) is 14.8. The van der Waals surface area contributed by atoms with E-state index >= 15 is 0 Å². The monoisotopic (exact) mass is 336 g/mol. The van der Waals surface area contributed by atoms with Crippen molar-refractivity contribution in [3.05, 3.63) is 52.3 Å². The van der Waals surface area contributed by atoms with Crippen LogP contribution in [-0.4, -0.2) is 19.2 Å². The third-order valence-electron chi connectivity index (χ3n) is 3.00. The van der Waals surface area contributed by atoms with E-state index in [2.05, 4.69) is 26.2 Å². The minimum atomic E-state index is 0.685. The van der Waals surface area contributed by atoms with Crippen LogP contribution < -0.4 is 14.8 Å². The molecule has 4 nitrogen and oxygen atoms in total. The highest BCUT2D eigenvalue weighted by molar-refractivity contribution is 9.10. The van der Waals surface area contributed by atoms with Crippen LogP contribution in [0.3, 0.4) is 0 Å². The van der Waals surface area contributed by atoms with Crippen molar-refractivity contribution in [3.63, 3.8) is 0 Å². The Kier molecular flexibility index (Phi) is 5.38. The zero-order valence-electron chi connectivity index (χ0n) is 11.5. The number of benzene rings is 1. The van der Waals surface area contributed by atoms with E-state index in [9.17, 15) is 0 Å². The number of hydrogen-bond donors (Lipinski definition) is 1. The van der Waals surface area contributed by atoms with Crippen molar-refractivity contribution in [1.29, 1.82) is 0 Å². The van der Waals surface area contributed by atoms with Crippen LogP contribution in [0.2, 0.25) is 0 Å². The van der Waals surface area contributed by atoms with Gasteiger partial charge in [0.1, 0.15) is 11.5 Å². The summed E-state index contributed by atoms with van der Waals surface area (Å²) in [7, 11) is 3.33. The normalized spacial score (nSPS) is 10.3. The van der Waals surface area contributed by atoms with Gasteiger partial charge in [-0.05, 0) is 22.0 Å². The zero-order valence-corrected chi connectivity index (χ0v) is 13.1. The third kappa shape index (κ3) is 3.49. The fraction of sp³-hybridized carbons (Fsp3) is 0.267. The van der Waals surface area contributed by atoms with Crippen LogP contribution >= 0.6 is 15.9 Å². The van der Waals surface area contributed by atoms with Crippen molar-refractivity contribution < 1.29 is 9.47 Å². The molecule has 0 aliphatic heterocycles. The molecule has 1 N–H and O–H groups in total. The lowest BCUT2D eigenvalue weighted by atomic mass is 10.2. The molecule has 0 spiro atoms. The van der Waals surface area contributed by atoms with Gasteiger partial charge in [-0.3, -0.25) is 4.98 Å². The quantitative estimate of drug-likeness (QED) is 0.879. The highest BCUT2D eigenvalue weighted by Crippen LogP contribution is 2.25. The van der Waals surface area contributed by atoms with Crippen molar-refractivity contribution in [2.45, 2.75) is 13.1 Å². The van der Waals surface area contributed by atoms with Gasteiger partial charge in [0.2, 0.25) is 0 Å². The first-order chi connectivity index (χ1) is 9.76. The zero-order chi connectivity index (χ0) is 14.4. The molecule has 1 aromatic heterocycles. The summed E-state index contributed by atoms with van der Waals surface area (Å²) >= 11 is 3.50. The van der Waals surface area contributed by atoms with E-state index < -0.39 is 0 Å². The Morgan fingerprint density at radius 1 is 1.05 bits per heavy atom. The largest absolute Gasteiger partial charge is 0.496 e. The Balaban J connectivity index is 2.03. The van der Waals surface area contributed by atoms with Gasteiger partial charge in [0, 0.05) is 34.9 Å². The van der Waals surface area contributed by atoms with Crippen LogP contribution in [0.15, 0.2) is 41.1 Å². The number of hydrogen-bond acceptors (Lipinski definition) is 4. The molecule has 20 heavy (non-hydrogen) atoms. The van der Waals surface area contributed by atoms with Crippen LogP contribution in [0.4, 0.5) is 0 Å². The second-order valence-electron chi connectivity index (χ2n) is 4.22. The number of para-hydroxylation sites is 1. The molecule has 5 heteroatoms. The Bertz CT molecular complexity index is 576. The molecule has 0 bridgehead atoms. The molecule has 0 atom stereocenters. The van der Waals surface area contributed by atoms with Gasteiger partial charge in [-0.1, -0.05) is 18.2 Å². The molecule has 106 valence electrons. The maximum atomic E-state index is 5.33. The lowest BCUT2D eigenvalue weighted by Gasteiger charge is -2.12. The molecular formula is C15H17BrN2O2. The van der Waals surface area contributed by atoms with Gasteiger partial charge in [0.15, 0.2) is 0 Å². The molecule has 0 saturated carbocycles. The SMILES string of the molecule is COc1ccccc1CNCc1c(Br)cncc1OC. The van der Waals surface area contributed by atoms with Crippen molar-refractivity contribution in [3.8, 4) is 11.5 Å². The third-order valence-corrected chi connectivity index (χ3v) is 3.68. The number of ether oxygens (including phenoxy) is 2. The lowest BCUT2D eigenvalue weighted by Crippen LogP contribution is -2.14. The van der Waals surface area contributed by atoms with E-state index in [1.54, 1.807) is 26.6 Å². The molecule has 2 rings (SSSR count). The fourth-order valence-electron chi connectivity index (χ4n) is 1.96. The van der Waals surface area contributed by atoms with Crippen LogP contribution in [0.1, 0.15) is 11.1 Å². The Labute approximate surface area is 127 Å². The number of nitrogens with zero attached hydrogens (tertiary/aromatic N) is 1. The Hall–Kier alpha value is -1.59. The van der Waals surface area contributed by atoms with Crippen molar-refractivity contribution >= 4 is 15.9 Å². The molecule has 0 amide bonds. The summed E-state index contributed by atoms with van der Waals surface area (Å²) in [5.41, 5.74) is 2.18. The minimum absolute atomic E-state index is 0.685. The molecule has 0 aliphatic carbocycles. The molecule has 1 heterocycles. The molecule has 0 radical (unpaired) electrons. The number of aromatic nitrogens is 1. The van der Waals surface area contributed by atoms with Crippen molar-refractivity contribution in [2.24, 2.45) is 0 Å². The van der Waals surface area contributed by atoms with Gasteiger partial charge in [0.25, 0.3) is 0 Å². The van der Waals surface area contributed by atoms with E-state index in [0.717, 1.165) is 33.6 Å². The summed E-state index contributed by atoms with van der Waals surface area (Å²) < 4.78 is 11.6. The molecule has 2 aromatic rings. The number of methoxy groups -OCH3 is 2. The highest BCUT2D eigenvalue weighted by Gasteiger charge is 2.08. The number of nitrogens with one attached hydrogen (secondary N) is 1. The standard InChI is InChI=1S/C15H17BrN2O2/c1-19-14-6-4-3-5-11(14)7-17-8-12-13(16)9-18-10-15(12)20-2/h3-6,9-10,17H,7-8H2,1-2H3. The van der Waals surface area contributed by atoms with Gasteiger partial charge in [-0.15, -0.1) is 0 Å². The van der Waals surface area contributed by atoms with Crippen LogP contribution in [0.25, 0.3) is 0 Å². The Morgan fingerprint density at radius 2 is 1.80 bits per heavy atom. The predicted molar refractivity (Wildman–Crippen MR) is 82.0 cm³/mol. The van der Waals surface area contributed by atoms with Crippen molar-refractivity contribution in [2.75, 3.05) is 14.2 Å². The van der Waals surface area contributed by atoms with E-state index in [-0.39, 0.29) is 0 Å². The minimum Gasteiger partial charge on any atom is -0.496 e. The summed E-state index contributed by atoms with van der Waals surface area (Å²) in [4.78, 5) is 4.09. The number of pyridine rings is 1. The lowest BCUT2D eigenvalue weighted by molar-refractivity contribution is 0.402. The number of halogens is 1. The van der Waals surface area contributed by atoms with Crippen LogP contribution in [0.5, 0.6) is 11.5 Å². The first-order valence-corrected chi connectivity index (χ1v) is 7.04. The van der Waals surface area contributed by atoms with E-state index in [4.69, 9.17) is 9.47 Å². The fourth-order valence-corrected chi connectivity index (χ4v) is 2.42. The van der Waals surface area contributed by atoms with Gasteiger partial charge in [-0.2, -0.15) is 0 Å². The predicted octanol–water partition coefficient (Wildman–Crippen LogP) is 3.15. The number of rotatable bonds is 6. The van der Waals surface area contributed by atoms with Gasteiger partial charge in [0.05, 0.1) is 20.4 Å². The maximum Gasteiger partial charge on any atom is 0.142 e. The van der Waals surface area contributed by atoms with Crippen LogP contribution in [-0.2, 0) is 13.1 Å². The molecular weight excluding hydrogens is 320 g/mol. The average Bonchev–Trinajstić information content (AvgIpc) is 2.49. The van der Waals surface area contributed by atoms with Gasteiger partial charge < -0.3 is 14.8 Å². The molecule has 0 unspecified atom stereocenters. The summed E-state index contributed by atoms with van der Waals surface area (Å²) in [6, 6.07) is 7.97. The Morgan fingerprint density at radius 3 is 2.55 bits per heavy atom. The molecule has 0 saturated heterocycles. The second-order valence-corrected chi connectivity index (χ2v) is 5.07. The van der Waals surface area contributed by atoms with Gasteiger partial charge in [-0.25, -0.2) is 0 Å². The van der Waals surface area contributed by atoms with Gasteiger partial charge >= 0.3 is 0 Å². The highest BCUT2D eigenvalue weighted by atomic mass is 79.9. The van der Waals surface area contributed by atoms with E-state index in [1.165, 1.54) is 0 Å². The van der Waals surface area contributed by atoms with Crippen LogP contribution in [0, 0.1) is 0 Å². The summed E-state index contributed by atoms with van der Waals surface area (Å²) in [5.74, 6) is 1.66. The molecule has 0 aliphatic rings. The summed E-state index contributed by atoms with van der Waals surface area (Å²) in [6.07, 6.45) is 3.48. The molecule has 1 aromatic carbocycles. The average molecular weight is 337 g/mol. The summed E-state index contributed by atoms with van der Waals surface area (Å²) in [5, 5.41) is 3.39. The van der Waals surface area contributed by atoms with E-state index in [0.29, 0.717) is 6.54 Å². The maximum absolute atomic E-state index is 5.33.